The van der Waals surface area contributed by atoms with Gasteiger partial charge in [0.05, 0.1) is 5.92 Å². The van der Waals surface area contributed by atoms with Gasteiger partial charge in [-0.15, -0.1) is 0 Å². The van der Waals surface area contributed by atoms with Crippen molar-refractivity contribution < 1.29 is 18.7 Å². The number of halogens is 2. The zero-order valence-corrected chi connectivity index (χ0v) is 12.1. The smallest absolute Gasteiger partial charge is 0.306 e. The molecule has 3 nitrogen and oxygen atoms in total. The molecule has 1 saturated carbocycles. The van der Waals surface area contributed by atoms with Crippen molar-refractivity contribution in [2.45, 2.75) is 38.6 Å². The van der Waals surface area contributed by atoms with E-state index in [2.05, 4.69) is 5.32 Å². The Labute approximate surface area is 123 Å². The van der Waals surface area contributed by atoms with Gasteiger partial charge < -0.3 is 10.4 Å². The molecule has 0 bridgehead atoms. The second kappa shape index (κ2) is 6.98. The Hall–Kier alpha value is -1.49. The largest absolute Gasteiger partial charge is 0.481 e. The topological polar surface area (TPSA) is 49.3 Å². The average Bonchev–Trinajstić information content (AvgIpc) is 2.48. The van der Waals surface area contributed by atoms with Crippen molar-refractivity contribution in [1.29, 1.82) is 0 Å². The molecule has 1 aliphatic carbocycles. The molecule has 0 heterocycles. The molecule has 0 saturated heterocycles. The molecule has 21 heavy (non-hydrogen) atoms. The van der Waals surface area contributed by atoms with Crippen LogP contribution in [0.3, 0.4) is 0 Å². The zero-order valence-electron chi connectivity index (χ0n) is 12.1. The number of hydrogen-bond acceptors (Lipinski definition) is 2. The van der Waals surface area contributed by atoms with E-state index in [1.165, 1.54) is 6.07 Å². The highest BCUT2D eigenvalue weighted by Gasteiger charge is 2.25. The molecule has 1 aliphatic rings. The first-order chi connectivity index (χ1) is 9.97. The first kappa shape index (κ1) is 15.9. The Morgan fingerprint density at radius 3 is 2.52 bits per heavy atom. The summed E-state index contributed by atoms with van der Waals surface area (Å²) in [6.07, 6.45) is 3.24. The van der Waals surface area contributed by atoms with Gasteiger partial charge in [0.25, 0.3) is 0 Å². The molecule has 1 aromatic carbocycles. The van der Waals surface area contributed by atoms with Crippen LogP contribution in [0.15, 0.2) is 18.2 Å². The molecule has 116 valence electrons. The second-order valence-corrected chi connectivity index (χ2v) is 5.86. The van der Waals surface area contributed by atoms with Gasteiger partial charge in [-0.1, -0.05) is 6.07 Å². The van der Waals surface area contributed by atoms with E-state index < -0.39 is 17.6 Å². The van der Waals surface area contributed by atoms with Crippen LogP contribution in [0.2, 0.25) is 0 Å². The van der Waals surface area contributed by atoms with Crippen molar-refractivity contribution >= 4 is 5.97 Å². The minimum atomic E-state index is -0.835. The number of carbonyl (C=O) groups is 1. The summed E-state index contributed by atoms with van der Waals surface area (Å²) in [7, 11) is 0. The van der Waals surface area contributed by atoms with Crippen molar-refractivity contribution in [2.24, 2.45) is 11.8 Å². The molecular formula is C16H21F2NO2. The number of aliphatic carboxylic acids is 1. The van der Waals surface area contributed by atoms with E-state index in [4.69, 9.17) is 5.11 Å². The Morgan fingerprint density at radius 2 is 1.95 bits per heavy atom. The summed E-state index contributed by atoms with van der Waals surface area (Å²) < 4.78 is 26.1. The van der Waals surface area contributed by atoms with Gasteiger partial charge in [0.2, 0.25) is 0 Å². The minimum Gasteiger partial charge on any atom is -0.481 e. The fourth-order valence-electron chi connectivity index (χ4n) is 2.86. The molecule has 0 radical (unpaired) electrons. The third-order valence-corrected chi connectivity index (χ3v) is 4.35. The Kier molecular flexibility index (Phi) is 5.28. The highest BCUT2D eigenvalue weighted by molar-refractivity contribution is 5.69. The maximum Gasteiger partial charge on any atom is 0.306 e. The monoisotopic (exact) mass is 297 g/mol. The molecule has 2 rings (SSSR count). The van der Waals surface area contributed by atoms with Crippen molar-refractivity contribution in [1.82, 2.24) is 5.32 Å². The van der Waals surface area contributed by atoms with Crippen molar-refractivity contribution in [3.63, 3.8) is 0 Å². The Morgan fingerprint density at radius 1 is 1.29 bits per heavy atom. The molecular weight excluding hydrogens is 276 g/mol. The summed E-state index contributed by atoms with van der Waals surface area (Å²) in [5, 5.41) is 12.3. The van der Waals surface area contributed by atoms with Crippen molar-refractivity contribution in [3.8, 4) is 0 Å². The van der Waals surface area contributed by atoms with Gasteiger partial charge in [0.1, 0.15) is 0 Å². The second-order valence-electron chi connectivity index (χ2n) is 5.86. The van der Waals surface area contributed by atoms with Crippen LogP contribution in [-0.2, 0) is 4.79 Å². The van der Waals surface area contributed by atoms with E-state index in [0.717, 1.165) is 38.3 Å². The first-order valence-electron chi connectivity index (χ1n) is 7.38. The van der Waals surface area contributed by atoms with Crippen LogP contribution < -0.4 is 5.32 Å². The number of benzene rings is 1. The van der Waals surface area contributed by atoms with Gasteiger partial charge in [0, 0.05) is 6.04 Å². The van der Waals surface area contributed by atoms with E-state index in [9.17, 15) is 13.6 Å². The highest BCUT2D eigenvalue weighted by atomic mass is 19.2. The molecule has 0 amide bonds. The van der Waals surface area contributed by atoms with Gasteiger partial charge in [0.15, 0.2) is 11.6 Å². The van der Waals surface area contributed by atoms with Gasteiger partial charge >= 0.3 is 5.97 Å². The average molecular weight is 297 g/mol. The molecule has 0 spiro atoms. The number of hydrogen-bond donors (Lipinski definition) is 2. The lowest BCUT2D eigenvalue weighted by molar-refractivity contribution is -0.143. The van der Waals surface area contributed by atoms with E-state index in [1.807, 2.05) is 6.92 Å². The first-order valence-corrected chi connectivity index (χ1v) is 7.38. The predicted octanol–water partition coefficient (Wildman–Crippen LogP) is 3.51. The van der Waals surface area contributed by atoms with Crippen LogP contribution in [0, 0.1) is 23.5 Å². The van der Waals surface area contributed by atoms with Crippen LogP contribution in [0.4, 0.5) is 8.78 Å². The van der Waals surface area contributed by atoms with E-state index in [1.54, 1.807) is 6.07 Å². The molecule has 1 unspecified atom stereocenters. The molecule has 2 N–H and O–H groups in total. The van der Waals surface area contributed by atoms with Crippen LogP contribution in [0.1, 0.15) is 44.2 Å². The Bertz CT molecular complexity index is 499. The maximum atomic E-state index is 13.2. The Balaban J connectivity index is 1.80. The lowest BCUT2D eigenvalue weighted by atomic mass is 9.82. The standard InChI is InChI=1S/C16H21F2NO2/c1-10(13-6-7-14(17)15(18)8-13)19-9-11-2-4-12(5-3-11)16(20)21/h6-8,10-12,19H,2-5,9H2,1H3,(H,20,21). The zero-order chi connectivity index (χ0) is 15.4. The van der Waals surface area contributed by atoms with Gasteiger partial charge in [-0.3, -0.25) is 4.79 Å². The fraction of sp³-hybridized carbons (Fsp3) is 0.562. The van der Waals surface area contributed by atoms with E-state index in [0.29, 0.717) is 11.5 Å². The molecule has 5 heteroatoms. The van der Waals surface area contributed by atoms with Crippen molar-refractivity contribution in [3.05, 3.63) is 35.4 Å². The van der Waals surface area contributed by atoms with Crippen LogP contribution in [0.5, 0.6) is 0 Å². The highest BCUT2D eigenvalue weighted by Crippen LogP contribution is 2.29. The summed E-state index contributed by atoms with van der Waals surface area (Å²) in [5.74, 6) is -2.11. The number of nitrogens with one attached hydrogen (secondary N) is 1. The molecule has 1 fully saturated rings. The number of carboxylic acids is 1. The van der Waals surface area contributed by atoms with Crippen LogP contribution >= 0.6 is 0 Å². The molecule has 0 aliphatic heterocycles. The predicted molar refractivity (Wildman–Crippen MR) is 75.9 cm³/mol. The maximum absolute atomic E-state index is 13.2. The van der Waals surface area contributed by atoms with E-state index >= 15 is 0 Å². The van der Waals surface area contributed by atoms with Gasteiger partial charge in [-0.25, -0.2) is 8.78 Å². The molecule has 1 atom stereocenters. The quantitative estimate of drug-likeness (QED) is 0.874. The third kappa shape index (κ3) is 4.24. The summed E-state index contributed by atoms with van der Waals surface area (Å²) in [6, 6.07) is 3.88. The summed E-state index contributed by atoms with van der Waals surface area (Å²) in [6.45, 7) is 2.68. The molecule has 1 aromatic rings. The number of carboxylic acid groups (broad SMARTS) is 1. The number of rotatable bonds is 5. The fourth-order valence-corrected chi connectivity index (χ4v) is 2.86. The summed E-state index contributed by atoms with van der Waals surface area (Å²) in [5.41, 5.74) is 0.716. The van der Waals surface area contributed by atoms with Crippen LogP contribution in [-0.4, -0.2) is 17.6 Å². The van der Waals surface area contributed by atoms with Crippen molar-refractivity contribution in [2.75, 3.05) is 6.54 Å². The SMILES string of the molecule is CC(NCC1CCC(C(=O)O)CC1)c1ccc(F)c(F)c1. The lowest BCUT2D eigenvalue weighted by Gasteiger charge is -2.27. The van der Waals surface area contributed by atoms with Crippen LogP contribution in [0.25, 0.3) is 0 Å². The lowest BCUT2D eigenvalue weighted by Crippen LogP contribution is -2.30. The van der Waals surface area contributed by atoms with E-state index in [-0.39, 0.29) is 12.0 Å². The normalized spacial score (nSPS) is 23.8. The molecule has 0 aromatic heterocycles. The van der Waals surface area contributed by atoms with Gasteiger partial charge in [-0.05, 0) is 62.8 Å². The minimum absolute atomic E-state index is 0.0581. The third-order valence-electron chi connectivity index (χ3n) is 4.35. The van der Waals surface area contributed by atoms with Gasteiger partial charge in [-0.2, -0.15) is 0 Å². The summed E-state index contributed by atoms with van der Waals surface area (Å²) in [4.78, 5) is 10.9. The summed E-state index contributed by atoms with van der Waals surface area (Å²) >= 11 is 0.